The summed E-state index contributed by atoms with van der Waals surface area (Å²) in [6.45, 7) is 3.66. The van der Waals surface area contributed by atoms with Crippen molar-refractivity contribution in [2.24, 2.45) is 11.7 Å². The molecule has 10 nitrogen and oxygen atoms in total. The molecule has 1 aliphatic rings. The van der Waals surface area contributed by atoms with Crippen LogP contribution >= 0.6 is 0 Å². The Bertz CT molecular complexity index is 1160. The molecular formula is C28H34N4O6. The van der Waals surface area contributed by atoms with Gasteiger partial charge in [0.25, 0.3) is 11.8 Å². The van der Waals surface area contributed by atoms with Crippen molar-refractivity contribution in [3.8, 4) is 0 Å². The van der Waals surface area contributed by atoms with Crippen molar-refractivity contribution >= 4 is 29.6 Å². The van der Waals surface area contributed by atoms with E-state index in [0.29, 0.717) is 6.42 Å². The summed E-state index contributed by atoms with van der Waals surface area (Å²) in [5.74, 6) is -3.29. The molecule has 10 heteroatoms. The zero-order valence-corrected chi connectivity index (χ0v) is 21.8. The van der Waals surface area contributed by atoms with Gasteiger partial charge >= 0.3 is 5.97 Å². The molecule has 3 rings (SSSR count). The molecule has 4 amide bonds. The number of fused-ring (bicyclic) bond motifs is 1. The summed E-state index contributed by atoms with van der Waals surface area (Å²) in [4.78, 5) is 65.6. The highest BCUT2D eigenvalue weighted by Crippen LogP contribution is 2.23. The number of nitrogens with zero attached hydrogens (tertiary/aromatic N) is 2. The Morgan fingerprint density at radius 3 is 2.00 bits per heavy atom. The highest BCUT2D eigenvalue weighted by Gasteiger charge is 2.37. The van der Waals surface area contributed by atoms with Crippen molar-refractivity contribution in [3.05, 3.63) is 71.3 Å². The average molecular weight is 523 g/mol. The van der Waals surface area contributed by atoms with Crippen molar-refractivity contribution < 1.29 is 29.1 Å². The average Bonchev–Trinajstić information content (AvgIpc) is 3.13. The van der Waals surface area contributed by atoms with Crippen molar-refractivity contribution in [3.63, 3.8) is 0 Å². The number of hydrogen-bond acceptors (Lipinski definition) is 6. The van der Waals surface area contributed by atoms with E-state index in [-0.39, 0.29) is 36.4 Å². The fourth-order valence-electron chi connectivity index (χ4n) is 4.60. The summed E-state index contributed by atoms with van der Waals surface area (Å²) in [6.07, 6.45) is 0.418. The van der Waals surface area contributed by atoms with Gasteiger partial charge in [0.15, 0.2) is 0 Å². The third kappa shape index (κ3) is 6.63. The number of hydrogen-bond donors (Lipinski definition) is 3. The number of nitrogens with one attached hydrogen (secondary N) is 1. The first-order chi connectivity index (χ1) is 18.0. The Hall–Kier alpha value is -4.05. The lowest BCUT2D eigenvalue weighted by Gasteiger charge is -2.32. The zero-order valence-electron chi connectivity index (χ0n) is 21.8. The topological polar surface area (TPSA) is 150 Å². The summed E-state index contributed by atoms with van der Waals surface area (Å²) in [7, 11) is 1.48. The summed E-state index contributed by atoms with van der Waals surface area (Å²) in [5, 5.41) is 12.8. The van der Waals surface area contributed by atoms with Gasteiger partial charge in [0.1, 0.15) is 12.1 Å². The van der Waals surface area contributed by atoms with Gasteiger partial charge in [-0.3, -0.25) is 34.2 Å². The SMILES string of the molecule is CC(C)C[C@H](N[C@H](CCN1C(=O)c2ccccc2C1=O)C(=O)O)C(=O)N(C)[C@@H](Cc1ccccc1)C(N)=O. The molecule has 38 heavy (non-hydrogen) atoms. The van der Waals surface area contributed by atoms with Crippen LogP contribution in [0, 0.1) is 5.92 Å². The number of primary amides is 1. The molecule has 0 saturated heterocycles. The van der Waals surface area contributed by atoms with Crippen molar-refractivity contribution in [2.75, 3.05) is 13.6 Å². The maximum Gasteiger partial charge on any atom is 0.320 e. The second-order valence-corrected chi connectivity index (χ2v) is 9.89. The summed E-state index contributed by atoms with van der Waals surface area (Å²) < 4.78 is 0. The number of carbonyl (C=O) groups excluding carboxylic acids is 4. The highest BCUT2D eigenvalue weighted by atomic mass is 16.4. The normalized spacial score (nSPS) is 15.2. The predicted molar refractivity (Wildman–Crippen MR) is 140 cm³/mol. The van der Waals surface area contributed by atoms with E-state index in [1.165, 1.54) is 11.9 Å². The molecular weight excluding hydrogens is 488 g/mol. The first-order valence-corrected chi connectivity index (χ1v) is 12.5. The number of benzene rings is 2. The van der Waals surface area contributed by atoms with E-state index < -0.39 is 47.7 Å². The number of imide groups is 1. The quantitative estimate of drug-likeness (QED) is 0.339. The lowest BCUT2D eigenvalue weighted by Crippen LogP contribution is -2.56. The molecule has 0 aliphatic carbocycles. The smallest absolute Gasteiger partial charge is 0.320 e. The maximum atomic E-state index is 13.5. The molecule has 0 bridgehead atoms. The monoisotopic (exact) mass is 522 g/mol. The molecule has 2 aromatic rings. The van der Waals surface area contributed by atoms with Crippen molar-refractivity contribution in [2.45, 2.75) is 51.2 Å². The van der Waals surface area contributed by atoms with E-state index in [1.54, 1.807) is 24.3 Å². The van der Waals surface area contributed by atoms with Crippen LogP contribution in [0.3, 0.4) is 0 Å². The maximum absolute atomic E-state index is 13.5. The zero-order chi connectivity index (χ0) is 28.0. The van der Waals surface area contributed by atoms with Crippen molar-refractivity contribution in [1.82, 2.24) is 15.1 Å². The Morgan fingerprint density at radius 1 is 0.947 bits per heavy atom. The Morgan fingerprint density at radius 2 is 1.50 bits per heavy atom. The molecule has 0 fully saturated rings. The third-order valence-electron chi connectivity index (χ3n) is 6.64. The molecule has 0 saturated carbocycles. The minimum Gasteiger partial charge on any atom is -0.480 e. The van der Waals surface area contributed by atoms with Crippen LogP contribution < -0.4 is 11.1 Å². The van der Waals surface area contributed by atoms with E-state index in [4.69, 9.17) is 5.73 Å². The van der Waals surface area contributed by atoms with Crippen LogP contribution in [-0.4, -0.2) is 76.2 Å². The number of rotatable bonds is 13. The van der Waals surface area contributed by atoms with E-state index in [0.717, 1.165) is 10.5 Å². The first kappa shape index (κ1) is 28.5. The van der Waals surface area contributed by atoms with Gasteiger partial charge in [0.2, 0.25) is 11.8 Å². The van der Waals surface area contributed by atoms with Gasteiger partial charge in [-0.15, -0.1) is 0 Å². The van der Waals surface area contributed by atoms with Gasteiger partial charge in [0, 0.05) is 20.0 Å². The molecule has 1 heterocycles. The van der Waals surface area contributed by atoms with Crippen LogP contribution in [0.25, 0.3) is 0 Å². The number of carboxylic acid groups (broad SMARTS) is 1. The standard InChI is InChI=1S/C28H34N4O6/c1-17(2)15-22(27(36)31(3)23(24(29)33)16-18-9-5-4-6-10-18)30-21(28(37)38)13-14-32-25(34)19-11-7-8-12-20(19)26(32)35/h4-12,17,21-23,30H,13-16H2,1-3H3,(H2,29,33)(H,37,38)/t21-,22+,23+/m1/s1. The number of carboxylic acids is 1. The minimum atomic E-state index is -1.22. The number of likely N-dealkylation sites (N-methyl/N-ethyl adjacent to an activating group) is 1. The van der Waals surface area contributed by atoms with Gasteiger partial charge in [-0.1, -0.05) is 56.3 Å². The van der Waals surface area contributed by atoms with Crippen LogP contribution in [0.2, 0.25) is 0 Å². The molecule has 0 unspecified atom stereocenters. The van der Waals surface area contributed by atoms with Crippen LogP contribution in [0.5, 0.6) is 0 Å². The first-order valence-electron chi connectivity index (χ1n) is 12.5. The summed E-state index contributed by atoms with van der Waals surface area (Å²) in [6, 6.07) is 12.5. The summed E-state index contributed by atoms with van der Waals surface area (Å²) >= 11 is 0. The fourth-order valence-corrected chi connectivity index (χ4v) is 4.60. The molecule has 3 atom stereocenters. The van der Waals surface area contributed by atoms with Crippen LogP contribution in [0.15, 0.2) is 54.6 Å². The fraction of sp³-hybridized carbons (Fsp3) is 0.393. The number of nitrogens with two attached hydrogens (primary N) is 1. The van der Waals surface area contributed by atoms with Crippen molar-refractivity contribution in [1.29, 1.82) is 0 Å². The van der Waals surface area contributed by atoms with Crippen LogP contribution in [0.4, 0.5) is 0 Å². The van der Waals surface area contributed by atoms with E-state index >= 15 is 0 Å². The molecule has 0 spiro atoms. The molecule has 4 N–H and O–H groups in total. The van der Waals surface area contributed by atoms with E-state index in [2.05, 4.69) is 5.32 Å². The predicted octanol–water partition coefficient (Wildman–Crippen LogP) is 1.69. The minimum absolute atomic E-state index is 0.0247. The highest BCUT2D eigenvalue weighted by molar-refractivity contribution is 6.21. The molecule has 1 aliphatic heterocycles. The van der Waals surface area contributed by atoms with Gasteiger partial charge in [0.05, 0.1) is 17.2 Å². The molecule has 202 valence electrons. The largest absolute Gasteiger partial charge is 0.480 e. The number of amides is 4. The second-order valence-electron chi connectivity index (χ2n) is 9.89. The number of aliphatic carboxylic acids is 1. The summed E-state index contributed by atoms with van der Waals surface area (Å²) in [5.41, 5.74) is 7.03. The van der Waals surface area contributed by atoms with E-state index in [1.807, 2.05) is 44.2 Å². The lowest BCUT2D eigenvalue weighted by atomic mass is 9.99. The third-order valence-corrected chi connectivity index (χ3v) is 6.64. The second kappa shape index (κ2) is 12.5. The molecule has 0 aromatic heterocycles. The number of carbonyl (C=O) groups is 5. The Balaban J connectivity index is 1.74. The Labute approximate surface area is 221 Å². The van der Waals surface area contributed by atoms with Gasteiger partial charge in [-0.2, -0.15) is 0 Å². The lowest BCUT2D eigenvalue weighted by molar-refractivity contribution is -0.143. The molecule has 0 radical (unpaired) electrons. The molecule has 2 aromatic carbocycles. The van der Waals surface area contributed by atoms with E-state index in [9.17, 15) is 29.1 Å². The van der Waals surface area contributed by atoms with Crippen LogP contribution in [-0.2, 0) is 20.8 Å². The van der Waals surface area contributed by atoms with Gasteiger partial charge in [-0.05, 0) is 36.5 Å². The van der Waals surface area contributed by atoms with Crippen LogP contribution in [0.1, 0.15) is 53.0 Å². The van der Waals surface area contributed by atoms with Gasteiger partial charge < -0.3 is 15.7 Å². The van der Waals surface area contributed by atoms with Gasteiger partial charge in [-0.25, -0.2) is 0 Å². The Kier molecular flexibility index (Phi) is 9.35.